The average molecular weight is 411 g/mol. The summed E-state index contributed by atoms with van der Waals surface area (Å²) >= 11 is 0. The van der Waals surface area contributed by atoms with Crippen LogP contribution in [-0.2, 0) is 6.54 Å². The monoisotopic (exact) mass is 411 g/mol. The van der Waals surface area contributed by atoms with Crippen LogP contribution in [0.5, 0.6) is 28.7 Å². The Morgan fingerprint density at radius 2 is 1.80 bits per heavy atom. The molecule has 2 aromatic rings. The number of carbonyl (C=O) groups is 1. The number of benzene rings is 2. The molecule has 0 fully saturated rings. The summed E-state index contributed by atoms with van der Waals surface area (Å²) in [6.45, 7) is 5.40. The van der Waals surface area contributed by atoms with Crippen LogP contribution in [0.15, 0.2) is 30.0 Å². The Bertz CT molecular complexity index is 1030. The van der Waals surface area contributed by atoms with Gasteiger partial charge in [-0.3, -0.25) is 9.69 Å². The Morgan fingerprint density at radius 3 is 2.47 bits per heavy atom. The van der Waals surface area contributed by atoms with E-state index in [4.69, 9.17) is 23.7 Å². The number of fused-ring (bicyclic) bond motifs is 3. The van der Waals surface area contributed by atoms with E-state index < -0.39 is 0 Å². The van der Waals surface area contributed by atoms with Gasteiger partial charge in [0.15, 0.2) is 17.3 Å². The highest BCUT2D eigenvalue weighted by Gasteiger charge is 2.34. The van der Waals surface area contributed by atoms with Crippen molar-refractivity contribution in [3.63, 3.8) is 0 Å². The molecule has 0 saturated carbocycles. The molecule has 0 bridgehead atoms. The molecule has 0 N–H and O–H groups in total. The van der Waals surface area contributed by atoms with Crippen molar-refractivity contribution in [2.75, 3.05) is 28.1 Å². The number of allylic oxidation sites excluding steroid dienone is 1. The van der Waals surface area contributed by atoms with Gasteiger partial charge >= 0.3 is 0 Å². The van der Waals surface area contributed by atoms with Gasteiger partial charge in [-0.25, -0.2) is 0 Å². The number of Topliss-reactive ketones (excluding diaryl/α,β-unsaturated/α-hetero) is 1. The molecule has 0 aromatic heterocycles. The third-order valence-corrected chi connectivity index (χ3v) is 5.40. The van der Waals surface area contributed by atoms with Gasteiger partial charge in [0.25, 0.3) is 0 Å². The largest absolute Gasteiger partial charge is 0.493 e. The molecule has 7 heteroatoms. The summed E-state index contributed by atoms with van der Waals surface area (Å²) in [6, 6.07) is 7.47. The van der Waals surface area contributed by atoms with E-state index in [9.17, 15) is 4.79 Å². The quantitative estimate of drug-likeness (QED) is 0.692. The Kier molecular flexibility index (Phi) is 5.30. The van der Waals surface area contributed by atoms with Crippen LogP contribution in [0.2, 0.25) is 0 Å². The predicted molar refractivity (Wildman–Crippen MR) is 112 cm³/mol. The van der Waals surface area contributed by atoms with Gasteiger partial charge in [0.2, 0.25) is 11.5 Å². The van der Waals surface area contributed by atoms with E-state index in [0.29, 0.717) is 53.4 Å². The van der Waals surface area contributed by atoms with Gasteiger partial charge in [0, 0.05) is 18.2 Å². The normalized spacial score (nSPS) is 16.7. The Balaban J connectivity index is 1.74. The van der Waals surface area contributed by atoms with Crippen LogP contribution in [0, 0.1) is 0 Å². The maximum absolute atomic E-state index is 13.0. The van der Waals surface area contributed by atoms with Gasteiger partial charge in [0.05, 0.1) is 32.5 Å². The maximum atomic E-state index is 13.0. The van der Waals surface area contributed by atoms with Crippen molar-refractivity contribution in [2.45, 2.75) is 26.4 Å². The molecule has 0 aliphatic carbocycles. The van der Waals surface area contributed by atoms with Gasteiger partial charge < -0.3 is 23.7 Å². The fraction of sp³-hybridized carbons (Fsp3) is 0.348. The third kappa shape index (κ3) is 3.25. The lowest BCUT2D eigenvalue weighted by atomic mass is 10.0. The first-order valence-corrected chi connectivity index (χ1v) is 9.74. The summed E-state index contributed by atoms with van der Waals surface area (Å²) in [5.74, 6) is 2.83. The van der Waals surface area contributed by atoms with E-state index in [1.54, 1.807) is 38.5 Å². The zero-order valence-electron chi connectivity index (χ0n) is 17.8. The molecule has 4 rings (SSSR count). The van der Waals surface area contributed by atoms with Gasteiger partial charge in [0.1, 0.15) is 18.2 Å². The summed E-state index contributed by atoms with van der Waals surface area (Å²) in [7, 11) is 4.64. The van der Waals surface area contributed by atoms with Crippen LogP contribution in [0.4, 0.5) is 0 Å². The van der Waals surface area contributed by atoms with Crippen LogP contribution in [-0.4, -0.2) is 44.8 Å². The van der Waals surface area contributed by atoms with Crippen molar-refractivity contribution in [1.82, 2.24) is 4.90 Å². The van der Waals surface area contributed by atoms with E-state index in [2.05, 4.69) is 18.7 Å². The molecule has 2 aromatic carbocycles. The molecule has 30 heavy (non-hydrogen) atoms. The van der Waals surface area contributed by atoms with E-state index in [1.165, 1.54) is 7.11 Å². The van der Waals surface area contributed by atoms with Crippen LogP contribution in [0.3, 0.4) is 0 Å². The molecular formula is C23H25NO6. The number of methoxy groups -OCH3 is 3. The van der Waals surface area contributed by atoms with Gasteiger partial charge in [-0.2, -0.15) is 0 Å². The summed E-state index contributed by atoms with van der Waals surface area (Å²) < 4.78 is 28.2. The number of hydrogen-bond donors (Lipinski definition) is 0. The molecule has 0 radical (unpaired) electrons. The standard InChI is InChI=1S/C23H25NO6/c1-13(2)24-11-16-17(29-12-24)9-7-15-20(25)19(30-22(15)16)10-14-6-8-18(26-3)23(28-5)21(14)27-4/h6-10,13H,11-12H2,1-5H3. The van der Waals surface area contributed by atoms with E-state index >= 15 is 0 Å². The highest BCUT2D eigenvalue weighted by molar-refractivity contribution is 6.15. The van der Waals surface area contributed by atoms with Gasteiger partial charge in [-0.15, -0.1) is 0 Å². The lowest BCUT2D eigenvalue weighted by Crippen LogP contribution is -2.37. The van der Waals surface area contributed by atoms with Crippen molar-refractivity contribution >= 4 is 11.9 Å². The van der Waals surface area contributed by atoms with Crippen molar-refractivity contribution in [2.24, 2.45) is 0 Å². The smallest absolute Gasteiger partial charge is 0.231 e. The zero-order valence-corrected chi connectivity index (χ0v) is 17.8. The molecule has 0 saturated heterocycles. The molecule has 2 heterocycles. The zero-order chi connectivity index (χ0) is 21.4. The molecule has 0 unspecified atom stereocenters. The third-order valence-electron chi connectivity index (χ3n) is 5.40. The summed E-state index contributed by atoms with van der Waals surface area (Å²) in [5, 5.41) is 0. The van der Waals surface area contributed by atoms with E-state index in [-0.39, 0.29) is 11.5 Å². The molecule has 0 spiro atoms. The molecule has 0 amide bonds. The number of ketones is 1. The van der Waals surface area contributed by atoms with Crippen molar-refractivity contribution in [3.05, 3.63) is 46.7 Å². The fourth-order valence-electron chi connectivity index (χ4n) is 3.69. The second-order valence-electron chi connectivity index (χ2n) is 7.40. The first-order chi connectivity index (χ1) is 14.5. The second kappa shape index (κ2) is 7.91. The van der Waals surface area contributed by atoms with Crippen molar-refractivity contribution in [1.29, 1.82) is 0 Å². The Hall–Kier alpha value is -3.19. The van der Waals surface area contributed by atoms with Crippen molar-refractivity contribution in [3.8, 4) is 28.7 Å². The lowest BCUT2D eigenvalue weighted by molar-refractivity contribution is 0.0674. The average Bonchev–Trinajstić information content (AvgIpc) is 3.08. The number of rotatable bonds is 5. The predicted octanol–water partition coefficient (Wildman–Crippen LogP) is 3.89. The first-order valence-electron chi connectivity index (χ1n) is 9.74. The Morgan fingerprint density at radius 1 is 1.03 bits per heavy atom. The molecule has 7 nitrogen and oxygen atoms in total. The summed E-state index contributed by atoms with van der Waals surface area (Å²) in [5.41, 5.74) is 2.08. The summed E-state index contributed by atoms with van der Waals surface area (Å²) in [4.78, 5) is 15.2. The SMILES string of the molecule is COc1ccc(C=C2Oc3c(ccc4c3CN(C(C)C)CO4)C2=O)c(OC)c1OC. The minimum atomic E-state index is -0.175. The fourth-order valence-corrected chi connectivity index (χ4v) is 3.69. The van der Waals surface area contributed by atoms with Crippen LogP contribution >= 0.6 is 0 Å². The van der Waals surface area contributed by atoms with Gasteiger partial charge in [-0.05, 0) is 44.2 Å². The van der Waals surface area contributed by atoms with Gasteiger partial charge in [-0.1, -0.05) is 0 Å². The maximum Gasteiger partial charge on any atom is 0.231 e. The topological polar surface area (TPSA) is 66.5 Å². The molecule has 2 aliphatic rings. The highest BCUT2D eigenvalue weighted by Crippen LogP contribution is 2.44. The number of carbonyl (C=O) groups excluding carboxylic acids is 1. The number of nitrogens with zero attached hydrogens (tertiary/aromatic N) is 1. The molecule has 0 atom stereocenters. The lowest BCUT2D eigenvalue weighted by Gasteiger charge is -2.32. The molecule has 2 aliphatic heterocycles. The van der Waals surface area contributed by atoms with Crippen LogP contribution in [0.25, 0.3) is 6.08 Å². The molecule has 158 valence electrons. The second-order valence-corrected chi connectivity index (χ2v) is 7.40. The highest BCUT2D eigenvalue weighted by atomic mass is 16.5. The molecular weight excluding hydrogens is 386 g/mol. The first kappa shape index (κ1) is 20.1. The van der Waals surface area contributed by atoms with E-state index in [1.807, 2.05) is 6.07 Å². The minimum absolute atomic E-state index is 0.175. The van der Waals surface area contributed by atoms with Crippen LogP contribution < -0.4 is 23.7 Å². The van der Waals surface area contributed by atoms with E-state index in [0.717, 1.165) is 11.3 Å². The van der Waals surface area contributed by atoms with Crippen molar-refractivity contribution < 1.29 is 28.5 Å². The minimum Gasteiger partial charge on any atom is -0.493 e. The number of hydrogen-bond acceptors (Lipinski definition) is 7. The number of ether oxygens (including phenoxy) is 5. The summed E-state index contributed by atoms with van der Waals surface area (Å²) in [6.07, 6.45) is 1.67. The Labute approximate surface area is 175 Å². The van der Waals surface area contributed by atoms with Crippen LogP contribution in [0.1, 0.15) is 35.3 Å².